The lowest BCUT2D eigenvalue weighted by Gasteiger charge is -2.14. The lowest BCUT2D eigenvalue weighted by Crippen LogP contribution is -2.02. The lowest BCUT2D eigenvalue weighted by molar-refractivity contribution is 0.673. The van der Waals surface area contributed by atoms with E-state index in [4.69, 9.17) is 19.4 Å². The van der Waals surface area contributed by atoms with E-state index >= 15 is 0 Å². The van der Waals surface area contributed by atoms with E-state index in [2.05, 4.69) is 191 Å². The molecule has 0 aliphatic rings. The molecule has 4 aromatic heterocycles. The van der Waals surface area contributed by atoms with Gasteiger partial charge in [0.05, 0.1) is 27.5 Å². The van der Waals surface area contributed by atoms with E-state index in [1.165, 1.54) is 21.8 Å². The number of furan rings is 1. The molecule has 0 radical (unpaired) electrons. The van der Waals surface area contributed by atoms with Crippen LogP contribution in [0.1, 0.15) is 0 Å². The topological polar surface area (TPSA) is 61.7 Å². The van der Waals surface area contributed by atoms with Crippen LogP contribution in [-0.2, 0) is 0 Å². The first kappa shape index (κ1) is 37.3. The van der Waals surface area contributed by atoms with E-state index in [0.717, 1.165) is 93.7 Å². The summed E-state index contributed by atoms with van der Waals surface area (Å²) < 4.78 is 11.7. The minimum Gasteiger partial charge on any atom is -0.455 e. The van der Waals surface area contributed by atoms with Gasteiger partial charge in [-0.2, -0.15) is 0 Å². The predicted octanol–water partition coefficient (Wildman–Crippen LogP) is 15.8. The molecule has 0 saturated heterocycles. The highest BCUT2D eigenvalue weighted by Gasteiger charge is 2.26. The number of fused-ring (bicyclic) bond motifs is 12. The first-order valence-corrected chi connectivity index (χ1v) is 22.6. The first-order valence-electron chi connectivity index (χ1n) is 22.6. The summed E-state index contributed by atoms with van der Waals surface area (Å²) in [5.41, 5.74) is 13.2. The summed E-state index contributed by atoms with van der Waals surface area (Å²) in [4.78, 5) is 15.8. The number of para-hydroxylation sites is 3. The summed E-state index contributed by atoms with van der Waals surface area (Å²) >= 11 is 0. The van der Waals surface area contributed by atoms with Crippen molar-refractivity contribution < 1.29 is 4.42 Å². The van der Waals surface area contributed by atoms with Crippen molar-refractivity contribution in [1.29, 1.82) is 0 Å². The van der Waals surface area contributed by atoms with Crippen LogP contribution in [-0.4, -0.2) is 24.1 Å². The van der Waals surface area contributed by atoms with Crippen LogP contribution in [0.3, 0.4) is 0 Å². The summed E-state index contributed by atoms with van der Waals surface area (Å²) in [5, 5.41) is 8.90. The van der Waals surface area contributed by atoms with Gasteiger partial charge in [0.2, 0.25) is 0 Å². The summed E-state index contributed by atoms with van der Waals surface area (Å²) in [6.07, 6.45) is 0. The van der Waals surface area contributed by atoms with E-state index in [9.17, 15) is 0 Å². The maximum absolute atomic E-state index is 6.92. The van der Waals surface area contributed by atoms with E-state index in [1.54, 1.807) is 0 Å². The van der Waals surface area contributed by atoms with Gasteiger partial charge in [0.1, 0.15) is 11.2 Å². The van der Waals surface area contributed by atoms with E-state index in [0.29, 0.717) is 17.5 Å². The van der Waals surface area contributed by atoms with Crippen LogP contribution in [0.4, 0.5) is 0 Å². The Hall–Kier alpha value is -9.13. The Kier molecular flexibility index (Phi) is 8.18. The Morgan fingerprint density at radius 2 is 0.896 bits per heavy atom. The Morgan fingerprint density at radius 3 is 1.64 bits per heavy atom. The summed E-state index contributed by atoms with van der Waals surface area (Å²) in [6, 6.07) is 79.1. The van der Waals surface area contributed by atoms with Crippen molar-refractivity contribution in [3.05, 3.63) is 224 Å². The predicted molar refractivity (Wildman–Crippen MR) is 275 cm³/mol. The number of nitrogens with zero attached hydrogens (tertiary/aromatic N) is 5. The summed E-state index contributed by atoms with van der Waals surface area (Å²) in [5.74, 6) is 1.79. The fraction of sp³-hybridized carbons (Fsp3) is 0. The molecule has 0 aliphatic carbocycles. The molecular weight excluding hydrogens is 819 g/mol. The van der Waals surface area contributed by atoms with Gasteiger partial charge in [-0.15, -0.1) is 0 Å². The smallest absolute Gasteiger partial charge is 0.166 e. The van der Waals surface area contributed by atoms with E-state index < -0.39 is 0 Å². The molecular formula is C61H37N5O. The quantitative estimate of drug-likeness (QED) is 0.167. The number of rotatable bonds is 6. The zero-order valence-electron chi connectivity index (χ0n) is 36.0. The molecule has 312 valence electrons. The Bertz CT molecular complexity index is 4190. The van der Waals surface area contributed by atoms with Crippen LogP contribution in [0, 0.1) is 0 Å². The fourth-order valence-corrected chi connectivity index (χ4v) is 10.3. The lowest BCUT2D eigenvalue weighted by atomic mass is 10.0. The zero-order chi connectivity index (χ0) is 44.0. The SMILES string of the molecule is c1ccc(-c2nc(-c3ccccc3)nc(-c3cc4c5ccccc5oc4c4c5ccc6ccccc6c5n(-c5ccc(-c6ccc7c8ccccc8n(-c8ccccc8)c7c6)cc5)c34)n2)cc1. The third kappa shape index (κ3) is 5.80. The van der Waals surface area contributed by atoms with E-state index in [1.807, 2.05) is 42.5 Å². The summed E-state index contributed by atoms with van der Waals surface area (Å²) in [6.45, 7) is 0. The molecule has 0 unspecified atom stereocenters. The fourth-order valence-electron chi connectivity index (χ4n) is 10.3. The molecule has 14 rings (SSSR count). The highest BCUT2D eigenvalue weighted by molar-refractivity contribution is 6.30. The van der Waals surface area contributed by atoms with Gasteiger partial charge in [-0.1, -0.05) is 176 Å². The van der Waals surface area contributed by atoms with Gasteiger partial charge in [0, 0.05) is 60.4 Å². The third-order valence-electron chi connectivity index (χ3n) is 13.3. The maximum atomic E-state index is 6.92. The average molecular weight is 856 g/mol. The minimum absolute atomic E-state index is 0.581. The molecule has 0 fully saturated rings. The van der Waals surface area contributed by atoms with Crippen LogP contribution in [0.5, 0.6) is 0 Å². The molecule has 0 atom stereocenters. The molecule has 0 saturated carbocycles. The molecule has 0 bridgehead atoms. The Morgan fingerprint density at radius 1 is 0.328 bits per heavy atom. The average Bonchev–Trinajstić information content (AvgIpc) is 4.07. The van der Waals surface area contributed by atoms with Crippen molar-refractivity contribution >= 4 is 76.3 Å². The van der Waals surface area contributed by atoms with Gasteiger partial charge in [0.15, 0.2) is 17.5 Å². The monoisotopic (exact) mass is 855 g/mol. The van der Waals surface area contributed by atoms with Crippen LogP contribution in [0.2, 0.25) is 0 Å². The van der Waals surface area contributed by atoms with Crippen molar-refractivity contribution in [3.63, 3.8) is 0 Å². The Balaban J connectivity index is 1.06. The number of hydrogen-bond donors (Lipinski definition) is 0. The zero-order valence-corrected chi connectivity index (χ0v) is 36.0. The normalized spacial score (nSPS) is 11.9. The van der Waals surface area contributed by atoms with E-state index in [-0.39, 0.29) is 0 Å². The molecule has 0 amide bonds. The molecule has 6 nitrogen and oxygen atoms in total. The standard InChI is InChI=1S/C61H37N5O/c1-4-17-40(18-5-1)59-62-60(41-19-6-2-7-20-41)64-61(63-59)51-37-50-48-25-13-15-27-54(48)67-58(50)55-49-35-30-39-16-10-11-23-45(39)56(49)66(57(51)55)44-32-28-38(29-33-44)42-31-34-47-46-24-12-14-26-52(46)65(53(47)36-42)43-21-8-3-9-22-43/h1-37H. The second-order valence-electron chi connectivity index (χ2n) is 17.1. The van der Waals surface area contributed by atoms with Crippen LogP contribution < -0.4 is 0 Å². The molecule has 67 heavy (non-hydrogen) atoms. The van der Waals surface area contributed by atoms with Gasteiger partial charge in [-0.25, -0.2) is 15.0 Å². The molecule has 0 N–H and O–H groups in total. The molecule has 6 heteroatoms. The van der Waals surface area contributed by atoms with Crippen LogP contribution in [0.15, 0.2) is 229 Å². The second kappa shape index (κ2) is 14.7. The van der Waals surface area contributed by atoms with Gasteiger partial charge in [0.25, 0.3) is 0 Å². The number of aromatic nitrogens is 5. The molecule has 4 heterocycles. The highest BCUT2D eigenvalue weighted by atomic mass is 16.3. The number of benzene rings is 10. The highest BCUT2D eigenvalue weighted by Crippen LogP contribution is 2.47. The van der Waals surface area contributed by atoms with Crippen molar-refractivity contribution in [2.75, 3.05) is 0 Å². The van der Waals surface area contributed by atoms with Crippen molar-refractivity contribution in [3.8, 4) is 56.7 Å². The largest absolute Gasteiger partial charge is 0.455 e. The van der Waals surface area contributed by atoms with Crippen LogP contribution >= 0.6 is 0 Å². The maximum Gasteiger partial charge on any atom is 0.166 e. The minimum atomic E-state index is 0.581. The van der Waals surface area contributed by atoms with Gasteiger partial charge in [-0.3, -0.25) is 0 Å². The van der Waals surface area contributed by atoms with Crippen LogP contribution in [0.25, 0.3) is 133 Å². The second-order valence-corrected chi connectivity index (χ2v) is 17.1. The molecule has 0 spiro atoms. The molecule has 10 aromatic carbocycles. The summed E-state index contributed by atoms with van der Waals surface area (Å²) in [7, 11) is 0. The third-order valence-corrected chi connectivity index (χ3v) is 13.3. The van der Waals surface area contributed by atoms with Crippen molar-refractivity contribution in [1.82, 2.24) is 24.1 Å². The Labute approximate surface area is 384 Å². The van der Waals surface area contributed by atoms with Gasteiger partial charge >= 0.3 is 0 Å². The van der Waals surface area contributed by atoms with Gasteiger partial charge in [-0.05, 0) is 65.0 Å². The molecule has 0 aliphatic heterocycles. The first-order chi connectivity index (χ1) is 33.2. The van der Waals surface area contributed by atoms with Crippen molar-refractivity contribution in [2.24, 2.45) is 0 Å². The van der Waals surface area contributed by atoms with Crippen molar-refractivity contribution in [2.45, 2.75) is 0 Å². The number of hydrogen-bond acceptors (Lipinski definition) is 4. The molecule has 14 aromatic rings. The van der Waals surface area contributed by atoms with Gasteiger partial charge < -0.3 is 13.6 Å².